The van der Waals surface area contributed by atoms with Crippen LogP contribution in [0.1, 0.15) is 19.3 Å². The molecule has 2 heterocycles. The molecule has 2 bridgehead atoms. The summed E-state index contributed by atoms with van der Waals surface area (Å²) in [6.07, 6.45) is 0.417. The van der Waals surface area contributed by atoms with Crippen LogP contribution in [-0.2, 0) is 4.79 Å². The summed E-state index contributed by atoms with van der Waals surface area (Å²) in [5.41, 5.74) is 0. The van der Waals surface area contributed by atoms with Gasteiger partial charge in [0.05, 0.1) is 0 Å². The number of fused-ring (bicyclic) bond motifs is 2. The Morgan fingerprint density at radius 2 is 2.31 bits per heavy atom. The molecule has 2 rings (SSSR count). The van der Waals surface area contributed by atoms with Gasteiger partial charge < -0.3 is 9.83 Å². The Bertz CT molecular complexity index is 236. The van der Waals surface area contributed by atoms with Gasteiger partial charge in [0.1, 0.15) is 0 Å². The molecular weight excluding hydrogens is 172 g/mol. The molecule has 0 spiro atoms. The second-order valence-electron chi connectivity index (χ2n) is 3.95. The molecule has 2 saturated heterocycles. The molecule has 2 aliphatic rings. The van der Waals surface area contributed by atoms with Crippen LogP contribution in [0, 0.1) is 0 Å². The summed E-state index contributed by atoms with van der Waals surface area (Å²) >= 11 is 0. The molecule has 0 amide bonds. The molecule has 0 saturated carbocycles. The van der Waals surface area contributed by atoms with Gasteiger partial charge in [-0.1, -0.05) is 0 Å². The van der Waals surface area contributed by atoms with Gasteiger partial charge in [0.2, 0.25) is 0 Å². The van der Waals surface area contributed by atoms with Crippen molar-refractivity contribution in [1.82, 2.24) is 4.81 Å². The van der Waals surface area contributed by atoms with Crippen LogP contribution >= 0.6 is 0 Å². The number of halogens is 1. The molecule has 2 unspecified atom stereocenters. The van der Waals surface area contributed by atoms with E-state index in [-0.39, 0.29) is 24.3 Å². The van der Waals surface area contributed by atoms with Crippen molar-refractivity contribution in [3.05, 3.63) is 0 Å². The van der Waals surface area contributed by atoms with Crippen molar-refractivity contribution in [1.29, 1.82) is 0 Å². The van der Waals surface area contributed by atoms with E-state index in [1.807, 2.05) is 0 Å². The second-order valence-corrected chi connectivity index (χ2v) is 3.95. The van der Waals surface area contributed by atoms with Gasteiger partial charge in [0.15, 0.2) is 12.0 Å². The van der Waals surface area contributed by atoms with Gasteiger partial charge in [-0.05, 0) is 19.7 Å². The average molecular weight is 185 g/mol. The number of piperidine rings is 1. The molecule has 2 aliphatic heterocycles. The van der Waals surface area contributed by atoms with E-state index in [9.17, 15) is 14.2 Å². The lowest BCUT2D eigenvalue weighted by atomic mass is 9.79. The quantitative estimate of drug-likeness (QED) is 0.595. The highest BCUT2D eigenvalue weighted by atomic mass is 19.1. The monoisotopic (exact) mass is 185 g/mol. The van der Waals surface area contributed by atoms with Crippen LogP contribution in [0.2, 0.25) is 6.82 Å². The summed E-state index contributed by atoms with van der Waals surface area (Å²) in [6, 6.07) is -0.296. The fourth-order valence-corrected chi connectivity index (χ4v) is 2.58. The van der Waals surface area contributed by atoms with Crippen molar-refractivity contribution in [3.8, 4) is 0 Å². The normalized spacial score (nSPS) is 39.6. The Morgan fingerprint density at radius 3 is 2.92 bits per heavy atom. The van der Waals surface area contributed by atoms with Crippen molar-refractivity contribution >= 4 is 12.8 Å². The van der Waals surface area contributed by atoms with Crippen LogP contribution in [-0.4, -0.2) is 40.9 Å². The second kappa shape index (κ2) is 3.06. The van der Waals surface area contributed by atoms with E-state index in [2.05, 4.69) is 0 Å². The number of carbonyl (C=O) groups excluding carboxylic acids is 1. The fraction of sp³-hybridized carbons (Fsp3) is 0.875. The minimum Gasteiger partial charge on any atom is -0.437 e. The Hall–Kier alpha value is -0.415. The summed E-state index contributed by atoms with van der Waals surface area (Å²) in [4.78, 5) is 12.9. The Labute approximate surface area is 77.0 Å². The lowest BCUT2D eigenvalue weighted by Crippen LogP contribution is -2.55. The van der Waals surface area contributed by atoms with Crippen LogP contribution in [0.25, 0.3) is 0 Å². The SMILES string of the molecule is CB(O)N1C2CCC1[C@@H](F)C(=O)C2. The molecule has 0 radical (unpaired) electrons. The third kappa shape index (κ3) is 1.30. The maximum atomic E-state index is 13.4. The Morgan fingerprint density at radius 1 is 1.62 bits per heavy atom. The molecular formula is C8H13BFNO2. The number of hydrogen-bond acceptors (Lipinski definition) is 3. The zero-order chi connectivity index (χ0) is 9.59. The van der Waals surface area contributed by atoms with Crippen LogP contribution in [0.15, 0.2) is 0 Å². The van der Waals surface area contributed by atoms with Gasteiger partial charge in [0.25, 0.3) is 0 Å². The molecule has 5 heteroatoms. The molecule has 0 aromatic rings. The first-order valence-electron chi connectivity index (χ1n) is 4.73. The number of Topliss-reactive ketones (excluding diaryl/α,β-unsaturated/α-hetero) is 1. The van der Waals surface area contributed by atoms with E-state index in [1.54, 1.807) is 11.6 Å². The van der Waals surface area contributed by atoms with Gasteiger partial charge in [-0.3, -0.25) is 4.79 Å². The lowest BCUT2D eigenvalue weighted by molar-refractivity contribution is -0.128. The fourth-order valence-electron chi connectivity index (χ4n) is 2.58. The molecule has 72 valence electrons. The predicted molar refractivity (Wildman–Crippen MR) is 47.0 cm³/mol. The van der Waals surface area contributed by atoms with Crippen molar-refractivity contribution < 1.29 is 14.2 Å². The number of ketones is 1. The minimum absolute atomic E-state index is 0.0736. The molecule has 0 aliphatic carbocycles. The summed E-state index contributed by atoms with van der Waals surface area (Å²) in [7, 11) is -0.635. The zero-order valence-corrected chi connectivity index (χ0v) is 7.61. The highest BCUT2D eigenvalue weighted by Crippen LogP contribution is 2.35. The van der Waals surface area contributed by atoms with Crippen LogP contribution in [0.3, 0.4) is 0 Å². The third-order valence-electron chi connectivity index (χ3n) is 3.11. The number of rotatable bonds is 1. The van der Waals surface area contributed by atoms with E-state index in [0.717, 1.165) is 6.42 Å². The van der Waals surface area contributed by atoms with Gasteiger partial charge in [-0.2, -0.15) is 0 Å². The Balaban J connectivity index is 2.21. The molecule has 3 atom stereocenters. The molecule has 3 nitrogen and oxygen atoms in total. The molecule has 2 fully saturated rings. The number of nitrogens with zero attached hydrogens (tertiary/aromatic N) is 1. The minimum atomic E-state index is -1.38. The highest BCUT2D eigenvalue weighted by Gasteiger charge is 2.49. The standard InChI is InChI=1S/C8H13BFNO2/c1-9(13)11-5-2-3-6(11)8(10)7(12)4-5/h5-6,8,13H,2-4H2,1H3/t5?,6?,8-/m1/s1. The third-order valence-corrected chi connectivity index (χ3v) is 3.11. The first-order valence-corrected chi connectivity index (χ1v) is 4.73. The molecule has 0 aromatic carbocycles. The summed E-state index contributed by atoms with van der Waals surface area (Å²) in [5.74, 6) is -0.288. The van der Waals surface area contributed by atoms with Gasteiger partial charge in [0, 0.05) is 18.5 Å². The largest absolute Gasteiger partial charge is 0.437 e. The summed E-state index contributed by atoms with van der Waals surface area (Å²) < 4.78 is 13.4. The lowest BCUT2D eigenvalue weighted by Gasteiger charge is -2.36. The van der Waals surface area contributed by atoms with E-state index < -0.39 is 13.2 Å². The maximum absolute atomic E-state index is 13.4. The number of alkyl halides is 1. The zero-order valence-electron chi connectivity index (χ0n) is 7.61. The first kappa shape index (κ1) is 9.15. The van der Waals surface area contributed by atoms with E-state index in [1.165, 1.54) is 0 Å². The topological polar surface area (TPSA) is 40.5 Å². The molecule has 13 heavy (non-hydrogen) atoms. The summed E-state index contributed by atoms with van der Waals surface area (Å²) in [6.45, 7) is 1.63. The number of carbonyl (C=O) groups is 1. The van der Waals surface area contributed by atoms with Crippen molar-refractivity contribution in [3.63, 3.8) is 0 Å². The van der Waals surface area contributed by atoms with Crippen LogP contribution < -0.4 is 0 Å². The summed E-state index contributed by atoms with van der Waals surface area (Å²) in [5, 5.41) is 9.41. The van der Waals surface area contributed by atoms with Gasteiger partial charge in [-0.15, -0.1) is 0 Å². The van der Waals surface area contributed by atoms with Crippen molar-refractivity contribution in [2.24, 2.45) is 0 Å². The van der Waals surface area contributed by atoms with E-state index in [0.29, 0.717) is 6.42 Å². The van der Waals surface area contributed by atoms with Crippen molar-refractivity contribution in [2.45, 2.75) is 44.3 Å². The van der Waals surface area contributed by atoms with Crippen LogP contribution in [0.4, 0.5) is 4.39 Å². The smallest absolute Gasteiger partial charge is 0.376 e. The predicted octanol–water partition coefficient (Wildman–Crippen LogP) is 0.241. The first-order chi connectivity index (χ1) is 6.11. The van der Waals surface area contributed by atoms with Crippen molar-refractivity contribution in [2.75, 3.05) is 0 Å². The van der Waals surface area contributed by atoms with Crippen LogP contribution in [0.5, 0.6) is 0 Å². The van der Waals surface area contributed by atoms with Gasteiger partial charge in [-0.25, -0.2) is 4.39 Å². The average Bonchev–Trinajstić information content (AvgIpc) is 2.40. The number of hydrogen-bond donors (Lipinski definition) is 1. The van der Waals surface area contributed by atoms with E-state index >= 15 is 0 Å². The van der Waals surface area contributed by atoms with Gasteiger partial charge >= 0.3 is 7.05 Å². The molecule has 1 N–H and O–H groups in total. The van der Waals surface area contributed by atoms with E-state index in [4.69, 9.17) is 0 Å². The maximum Gasteiger partial charge on any atom is 0.376 e. The molecule has 0 aromatic heterocycles. The highest BCUT2D eigenvalue weighted by molar-refractivity contribution is 6.45. The Kier molecular flexibility index (Phi) is 2.16.